The molecule has 2 nitrogen and oxygen atoms in total. The van der Waals surface area contributed by atoms with E-state index in [1.165, 1.54) is 33.4 Å². The summed E-state index contributed by atoms with van der Waals surface area (Å²) in [6, 6.07) is 8.68. The van der Waals surface area contributed by atoms with E-state index < -0.39 is 0 Å². The minimum atomic E-state index is 0.960. The van der Waals surface area contributed by atoms with Crippen molar-refractivity contribution < 1.29 is 0 Å². The molecule has 0 heterocycles. The average molecular weight is 320 g/mol. The summed E-state index contributed by atoms with van der Waals surface area (Å²) >= 11 is 0. The topological polar surface area (TPSA) is 24.7 Å². The molecule has 0 radical (unpaired) electrons. The maximum Gasteiger partial charge on any atom is 0.0668 e. The van der Waals surface area contributed by atoms with Crippen LogP contribution in [0.3, 0.4) is 0 Å². The summed E-state index contributed by atoms with van der Waals surface area (Å²) in [5, 5.41) is 0. The van der Waals surface area contributed by atoms with E-state index in [0.29, 0.717) is 0 Å². The molecular formula is C22H28N2. The molecule has 0 aromatic heterocycles. The van der Waals surface area contributed by atoms with Crippen LogP contribution >= 0.6 is 0 Å². The van der Waals surface area contributed by atoms with Crippen molar-refractivity contribution in [3.05, 3.63) is 57.6 Å². The van der Waals surface area contributed by atoms with E-state index in [2.05, 4.69) is 65.8 Å². The van der Waals surface area contributed by atoms with Crippen LogP contribution in [0.1, 0.15) is 47.2 Å². The van der Waals surface area contributed by atoms with Crippen LogP contribution in [0, 0.1) is 41.5 Å². The van der Waals surface area contributed by atoms with Gasteiger partial charge in [0.15, 0.2) is 0 Å². The van der Waals surface area contributed by atoms with Crippen molar-refractivity contribution in [3.8, 4) is 0 Å². The molecule has 0 unspecified atom stereocenters. The molecule has 0 spiro atoms. The van der Waals surface area contributed by atoms with Gasteiger partial charge in [0.05, 0.1) is 22.8 Å². The summed E-state index contributed by atoms with van der Waals surface area (Å²) in [5.74, 6) is 0. The van der Waals surface area contributed by atoms with Gasteiger partial charge in [-0.15, -0.1) is 0 Å². The normalized spacial score (nSPS) is 12.7. The summed E-state index contributed by atoms with van der Waals surface area (Å²) in [6.45, 7) is 16.8. The second-order valence-electron chi connectivity index (χ2n) is 6.85. The predicted molar refractivity (Wildman–Crippen MR) is 107 cm³/mol. The fourth-order valence-corrected chi connectivity index (χ4v) is 2.79. The van der Waals surface area contributed by atoms with Gasteiger partial charge in [-0.3, -0.25) is 9.98 Å². The lowest BCUT2D eigenvalue weighted by Gasteiger charge is -2.10. The smallest absolute Gasteiger partial charge is 0.0668 e. The van der Waals surface area contributed by atoms with E-state index in [1.54, 1.807) is 0 Å². The molecule has 126 valence electrons. The fourth-order valence-electron chi connectivity index (χ4n) is 2.79. The van der Waals surface area contributed by atoms with Crippen LogP contribution in [-0.4, -0.2) is 11.4 Å². The summed E-state index contributed by atoms with van der Waals surface area (Å²) < 4.78 is 0. The van der Waals surface area contributed by atoms with Gasteiger partial charge >= 0.3 is 0 Å². The van der Waals surface area contributed by atoms with Gasteiger partial charge in [0.25, 0.3) is 0 Å². The SMILES string of the molecule is CC(=Nc1cc(C)cc(C)c1C)C(C)=Nc1cc(C)cc(C)c1C. The molecule has 2 aromatic rings. The van der Waals surface area contributed by atoms with E-state index in [9.17, 15) is 0 Å². The first-order chi connectivity index (χ1) is 11.2. The third kappa shape index (κ3) is 4.00. The Hall–Kier alpha value is -2.22. The molecule has 0 aliphatic heterocycles. The van der Waals surface area contributed by atoms with Crippen LogP contribution < -0.4 is 0 Å². The Morgan fingerprint density at radius 2 is 0.917 bits per heavy atom. The molecule has 2 rings (SSSR count). The summed E-state index contributed by atoms with van der Waals surface area (Å²) in [7, 11) is 0. The van der Waals surface area contributed by atoms with Crippen LogP contribution in [-0.2, 0) is 0 Å². The van der Waals surface area contributed by atoms with Crippen LogP contribution in [0.4, 0.5) is 11.4 Å². The lowest BCUT2D eigenvalue weighted by Crippen LogP contribution is -2.05. The van der Waals surface area contributed by atoms with E-state index in [0.717, 1.165) is 22.8 Å². The van der Waals surface area contributed by atoms with Crippen LogP contribution in [0.25, 0.3) is 0 Å². The molecule has 0 saturated carbocycles. The van der Waals surface area contributed by atoms with Crippen molar-refractivity contribution in [3.63, 3.8) is 0 Å². The third-order valence-corrected chi connectivity index (χ3v) is 4.67. The Morgan fingerprint density at radius 3 is 1.25 bits per heavy atom. The second-order valence-corrected chi connectivity index (χ2v) is 6.85. The van der Waals surface area contributed by atoms with Crippen LogP contribution in [0.15, 0.2) is 34.3 Å². The van der Waals surface area contributed by atoms with E-state index >= 15 is 0 Å². The van der Waals surface area contributed by atoms with Crippen molar-refractivity contribution in [2.45, 2.75) is 55.4 Å². The maximum absolute atomic E-state index is 4.84. The fraction of sp³-hybridized carbons (Fsp3) is 0.364. The molecule has 0 aliphatic rings. The number of hydrogen-bond acceptors (Lipinski definition) is 2. The Bertz CT molecular complexity index is 768. The van der Waals surface area contributed by atoms with Gasteiger partial charge in [-0.2, -0.15) is 0 Å². The largest absolute Gasteiger partial charge is 0.252 e. The maximum atomic E-state index is 4.84. The Kier molecular flexibility index (Phi) is 5.38. The zero-order valence-corrected chi connectivity index (χ0v) is 16.2. The lowest BCUT2D eigenvalue weighted by atomic mass is 10.0. The second kappa shape index (κ2) is 7.12. The highest BCUT2D eigenvalue weighted by Gasteiger charge is 2.06. The highest BCUT2D eigenvalue weighted by molar-refractivity contribution is 6.41. The van der Waals surface area contributed by atoms with Gasteiger partial charge in [-0.25, -0.2) is 0 Å². The number of nitrogens with zero attached hydrogens (tertiary/aromatic N) is 2. The zero-order chi connectivity index (χ0) is 18.0. The van der Waals surface area contributed by atoms with E-state index in [-0.39, 0.29) is 0 Å². The van der Waals surface area contributed by atoms with Crippen molar-refractivity contribution in [1.82, 2.24) is 0 Å². The molecule has 24 heavy (non-hydrogen) atoms. The quantitative estimate of drug-likeness (QED) is 0.583. The molecule has 0 amide bonds. The molecule has 0 atom stereocenters. The summed E-state index contributed by atoms with van der Waals surface area (Å²) in [5.41, 5.74) is 11.5. The van der Waals surface area contributed by atoms with Crippen LogP contribution in [0.2, 0.25) is 0 Å². The van der Waals surface area contributed by atoms with Gasteiger partial charge in [-0.1, -0.05) is 12.1 Å². The molecular weight excluding hydrogens is 292 g/mol. The first-order valence-corrected chi connectivity index (χ1v) is 8.45. The molecule has 2 aromatic carbocycles. The predicted octanol–water partition coefficient (Wildman–Crippen LogP) is 6.42. The van der Waals surface area contributed by atoms with Crippen molar-refractivity contribution in [2.24, 2.45) is 9.98 Å². The van der Waals surface area contributed by atoms with Gasteiger partial charge in [-0.05, 0) is 101 Å². The van der Waals surface area contributed by atoms with E-state index in [1.807, 2.05) is 13.8 Å². The lowest BCUT2D eigenvalue weighted by molar-refractivity contribution is 1.27. The highest BCUT2D eigenvalue weighted by atomic mass is 14.8. The number of aryl methyl sites for hydroxylation is 4. The molecule has 0 fully saturated rings. The monoisotopic (exact) mass is 320 g/mol. The van der Waals surface area contributed by atoms with Crippen molar-refractivity contribution >= 4 is 22.8 Å². The minimum Gasteiger partial charge on any atom is -0.252 e. The van der Waals surface area contributed by atoms with Gasteiger partial charge in [0, 0.05) is 0 Å². The molecule has 0 aliphatic carbocycles. The highest BCUT2D eigenvalue weighted by Crippen LogP contribution is 2.26. The Labute approximate surface area is 146 Å². The minimum absolute atomic E-state index is 0.960. The molecule has 0 bridgehead atoms. The first kappa shape index (κ1) is 18.1. The van der Waals surface area contributed by atoms with Crippen LogP contribution in [0.5, 0.6) is 0 Å². The molecule has 2 heteroatoms. The van der Waals surface area contributed by atoms with Crippen molar-refractivity contribution in [2.75, 3.05) is 0 Å². The summed E-state index contributed by atoms with van der Waals surface area (Å²) in [6.07, 6.45) is 0. The average Bonchev–Trinajstić information content (AvgIpc) is 2.49. The number of hydrogen-bond donors (Lipinski definition) is 0. The van der Waals surface area contributed by atoms with Gasteiger partial charge in [0.2, 0.25) is 0 Å². The molecule has 0 saturated heterocycles. The Balaban J connectivity index is 2.45. The number of benzene rings is 2. The first-order valence-electron chi connectivity index (χ1n) is 8.45. The molecule has 0 N–H and O–H groups in total. The zero-order valence-electron chi connectivity index (χ0n) is 16.2. The van der Waals surface area contributed by atoms with Gasteiger partial charge < -0.3 is 0 Å². The van der Waals surface area contributed by atoms with Gasteiger partial charge in [0.1, 0.15) is 0 Å². The van der Waals surface area contributed by atoms with E-state index in [4.69, 9.17) is 9.98 Å². The summed E-state index contributed by atoms with van der Waals surface area (Å²) in [4.78, 5) is 9.67. The Morgan fingerprint density at radius 1 is 0.583 bits per heavy atom. The number of rotatable bonds is 3. The standard InChI is InChI=1S/C22H28N2/c1-13-9-15(3)17(5)21(11-13)23-19(7)20(8)24-22-12-14(2)10-16(4)18(22)6/h9-12H,1-8H3. The number of aliphatic imine (C=N–C) groups is 2. The third-order valence-electron chi connectivity index (χ3n) is 4.67. The van der Waals surface area contributed by atoms with Crippen molar-refractivity contribution in [1.29, 1.82) is 0 Å².